The van der Waals surface area contributed by atoms with E-state index in [-0.39, 0.29) is 5.95 Å². The number of hydrogen-bond donors (Lipinski definition) is 2. The lowest BCUT2D eigenvalue weighted by Gasteiger charge is -2.01. The Morgan fingerprint density at radius 1 is 1.12 bits per heavy atom. The summed E-state index contributed by atoms with van der Waals surface area (Å²) >= 11 is 0. The van der Waals surface area contributed by atoms with Gasteiger partial charge < -0.3 is 5.73 Å². The van der Waals surface area contributed by atoms with Crippen LogP contribution in [0.15, 0.2) is 35.1 Å². The van der Waals surface area contributed by atoms with Crippen molar-refractivity contribution in [1.82, 2.24) is 15.0 Å². The number of nitrogens with one attached hydrogen (secondary N) is 1. The van der Waals surface area contributed by atoms with Crippen molar-refractivity contribution in [3.63, 3.8) is 0 Å². The molecule has 1 heterocycles. The average molecular weight is 216 g/mol. The molecule has 0 atom stereocenters. The lowest BCUT2D eigenvalue weighted by molar-refractivity contribution is 0.823. The molecule has 0 fully saturated rings. The van der Waals surface area contributed by atoms with E-state index in [1.54, 1.807) is 0 Å². The number of benzene rings is 1. The van der Waals surface area contributed by atoms with Gasteiger partial charge in [0.05, 0.1) is 0 Å². The van der Waals surface area contributed by atoms with Crippen LogP contribution in [0.5, 0.6) is 0 Å². The van der Waals surface area contributed by atoms with Crippen LogP contribution in [-0.2, 0) is 12.8 Å². The third kappa shape index (κ3) is 2.66. The third-order valence-corrected chi connectivity index (χ3v) is 2.21. The Morgan fingerprint density at radius 2 is 1.88 bits per heavy atom. The highest BCUT2D eigenvalue weighted by molar-refractivity contribution is 5.17. The first-order valence-corrected chi connectivity index (χ1v) is 5.01. The first kappa shape index (κ1) is 10.4. The lowest BCUT2D eigenvalue weighted by atomic mass is 10.1. The predicted octanol–water partition coefficient (Wildman–Crippen LogP) is 0.532. The molecule has 82 valence electrons. The highest BCUT2D eigenvalue weighted by Crippen LogP contribution is 2.02. The van der Waals surface area contributed by atoms with Gasteiger partial charge in [-0.05, 0) is 12.0 Å². The van der Waals surface area contributed by atoms with Crippen molar-refractivity contribution in [1.29, 1.82) is 0 Å². The Balaban J connectivity index is 2.08. The van der Waals surface area contributed by atoms with Gasteiger partial charge in [0, 0.05) is 6.42 Å². The quantitative estimate of drug-likeness (QED) is 0.783. The molecule has 5 nitrogen and oxygen atoms in total. The minimum absolute atomic E-state index is 0.0202. The summed E-state index contributed by atoms with van der Waals surface area (Å²) in [5, 5.41) is 0. The Bertz CT molecular complexity index is 521. The molecular weight excluding hydrogens is 204 g/mol. The topological polar surface area (TPSA) is 84.7 Å². The SMILES string of the molecule is Nc1nc(CCc2ccccc2)[nH]c(=O)n1. The molecule has 0 saturated carbocycles. The molecule has 0 amide bonds. The molecule has 1 aromatic heterocycles. The molecule has 16 heavy (non-hydrogen) atoms. The van der Waals surface area contributed by atoms with Crippen LogP contribution in [-0.4, -0.2) is 15.0 Å². The number of anilines is 1. The van der Waals surface area contributed by atoms with Crippen molar-refractivity contribution in [3.05, 3.63) is 52.2 Å². The molecule has 0 unspecified atom stereocenters. The summed E-state index contributed by atoms with van der Waals surface area (Å²) in [6.45, 7) is 0. The van der Waals surface area contributed by atoms with Crippen LogP contribution in [0.1, 0.15) is 11.4 Å². The second-order valence-corrected chi connectivity index (χ2v) is 3.44. The molecule has 1 aromatic carbocycles. The van der Waals surface area contributed by atoms with Gasteiger partial charge in [0.25, 0.3) is 0 Å². The molecule has 0 aliphatic rings. The zero-order valence-corrected chi connectivity index (χ0v) is 8.68. The van der Waals surface area contributed by atoms with E-state index in [2.05, 4.69) is 15.0 Å². The molecule has 5 heteroatoms. The van der Waals surface area contributed by atoms with Gasteiger partial charge in [0.2, 0.25) is 5.95 Å². The summed E-state index contributed by atoms with van der Waals surface area (Å²) in [6, 6.07) is 9.98. The fourth-order valence-corrected chi connectivity index (χ4v) is 1.47. The molecule has 0 bridgehead atoms. The second-order valence-electron chi connectivity index (χ2n) is 3.44. The van der Waals surface area contributed by atoms with Crippen molar-refractivity contribution in [2.24, 2.45) is 0 Å². The van der Waals surface area contributed by atoms with E-state index in [9.17, 15) is 4.79 Å². The number of nitrogen functional groups attached to an aromatic ring is 1. The average Bonchev–Trinajstić information content (AvgIpc) is 2.27. The van der Waals surface area contributed by atoms with Gasteiger partial charge in [-0.15, -0.1) is 0 Å². The van der Waals surface area contributed by atoms with Gasteiger partial charge in [-0.1, -0.05) is 30.3 Å². The van der Waals surface area contributed by atoms with Crippen LogP contribution in [0.2, 0.25) is 0 Å². The van der Waals surface area contributed by atoms with Crippen LogP contribution in [0.3, 0.4) is 0 Å². The van der Waals surface area contributed by atoms with Crippen LogP contribution in [0.4, 0.5) is 5.95 Å². The molecule has 0 aliphatic carbocycles. The first-order chi connectivity index (χ1) is 7.74. The summed E-state index contributed by atoms with van der Waals surface area (Å²) in [5.41, 5.74) is 6.13. The lowest BCUT2D eigenvalue weighted by Crippen LogP contribution is -2.17. The van der Waals surface area contributed by atoms with Crippen LogP contribution >= 0.6 is 0 Å². The molecule has 0 spiro atoms. The van der Waals surface area contributed by atoms with Crippen LogP contribution in [0.25, 0.3) is 0 Å². The summed E-state index contributed by atoms with van der Waals surface area (Å²) in [7, 11) is 0. The van der Waals surface area contributed by atoms with Crippen molar-refractivity contribution in [2.45, 2.75) is 12.8 Å². The number of nitrogens with zero attached hydrogens (tertiary/aromatic N) is 2. The maximum atomic E-state index is 11.0. The smallest absolute Gasteiger partial charge is 0.349 e. The van der Waals surface area contributed by atoms with E-state index in [1.165, 1.54) is 5.56 Å². The normalized spacial score (nSPS) is 10.2. The Labute approximate surface area is 92.4 Å². The van der Waals surface area contributed by atoms with E-state index >= 15 is 0 Å². The number of aryl methyl sites for hydroxylation is 2. The van der Waals surface area contributed by atoms with Crippen LogP contribution in [0, 0.1) is 0 Å². The molecule has 2 rings (SSSR count). The maximum absolute atomic E-state index is 11.0. The minimum Gasteiger partial charge on any atom is -0.368 e. The van der Waals surface area contributed by atoms with Gasteiger partial charge in [-0.25, -0.2) is 4.79 Å². The number of aromatic amines is 1. The van der Waals surface area contributed by atoms with Gasteiger partial charge in [-0.3, -0.25) is 4.98 Å². The van der Waals surface area contributed by atoms with Crippen molar-refractivity contribution in [3.8, 4) is 0 Å². The third-order valence-electron chi connectivity index (χ3n) is 2.21. The van der Waals surface area contributed by atoms with Crippen LogP contribution < -0.4 is 11.4 Å². The van der Waals surface area contributed by atoms with E-state index in [4.69, 9.17) is 5.73 Å². The van der Waals surface area contributed by atoms with Crippen molar-refractivity contribution < 1.29 is 0 Å². The fourth-order valence-electron chi connectivity index (χ4n) is 1.47. The monoisotopic (exact) mass is 216 g/mol. The minimum atomic E-state index is -0.449. The number of rotatable bonds is 3. The highest BCUT2D eigenvalue weighted by atomic mass is 16.1. The number of aromatic nitrogens is 3. The summed E-state index contributed by atoms with van der Waals surface area (Å²) in [4.78, 5) is 21.0. The Hall–Kier alpha value is -2.17. The Kier molecular flexibility index (Phi) is 2.95. The number of hydrogen-bond acceptors (Lipinski definition) is 4. The van der Waals surface area contributed by atoms with Gasteiger partial charge in [-0.2, -0.15) is 9.97 Å². The van der Waals surface area contributed by atoms with Crippen molar-refractivity contribution >= 4 is 5.95 Å². The molecule has 3 N–H and O–H groups in total. The summed E-state index contributed by atoms with van der Waals surface area (Å²) < 4.78 is 0. The molecular formula is C11H12N4O. The van der Waals surface area contributed by atoms with Gasteiger partial charge in [0.15, 0.2) is 0 Å². The molecule has 0 saturated heterocycles. The summed E-state index contributed by atoms with van der Waals surface area (Å²) in [5.74, 6) is 0.591. The van der Waals surface area contributed by atoms with Gasteiger partial charge in [0.1, 0.15) is 5.82 Å². The molecule has 0 aliphatic heterocycles. The highest BCUT2D eigenvalue weighted by Gasteiger charge is 2.00. The van der Waals surface area contributed by atoms with E-state index in [0.29, 0.717) is 12.2 Å². The molecule has 0 radical (unpaired) electrons. The summed E-state index contributed by atoms with van der Waals surface area (Å²) in [6.07, 6.45) is 1.46. The van der Waals surface area contributed by atoms with Gasteiger partial charge >= 0.3 is 5.69 Å². The molecule has 2 aromatic rings. The first-order valence-electron chi connectivity index (χ1n) is 5.01. The second kappa shape index (κ2) is 4.57. The maximum Gasteiger partial charge on any atom is 0.349 e. The predicted molar refractivity (Wildman–Crippen MR) is 60.9 cm³/mol. The standard InChI is InChI=1S/C11H12N4O/c12-10-13-9(14-11(16)15-10)7-6-8-4-2-1-3-5-8/h1-5H,6-7H2,(H3,12,13,14,15,16). The Morgan fingerprint density at radius 3 is 2.56 bits per heavy atom. The number of H-pyrrole nitrogens is 1. The zero-order valence-electron chi connectivity index (χ0n) is 8.68. The van der Waals surface area contributed by atoms with Crippen molar-refractivity contribution in [2.75, 3.05) is 5.73 Å². The van der Waals surface area contributed by atoms with E-state index in [0.717, 1.165) is 6.42 Å². The largest absolute Gasteiger partial charge is 0.368 e. The van der Waals surface area contributed by atoms with E-state index < -0.39 is 5.69 Å². The zero-order chi connectivity index (χ0) is 11.4. The number of nitrogens with two attached hydrogens (primary N) is 1. The van der Waals surface area contributed by atoms with E-state index in [1.807, 2.05) is 30.3 Å². The fraction of sp³-hybridized carbons (Fsp3) is 0.182.